The Hall–Kier alpha value is -3.86. The van der Waals surface area contributed by atoms with Crippen molar-refractivity contribution in [1.29, 1.82) is 0 Å². The zero-order valence-electron chi connectivity index (χ0n) is 19.4. The van der Waals surface area contributed by atoms with Gasteiger partial charge in [0, 0.05) is 27.7 Å². The monoisotopic (exact) mass is 553 g/mol. The first-order chi connectivity index (χ1) is 17.9. The van der Waals surface area contributed by atoms with Crippen LogP contribution in [0.1, 0.15) is 16.8 Å². The van der Waals surface area contributed by atoms with E-state index in [0.29, 0.717) is 6.08 Å². The van der Waals surface area contributed by atoms with Crippen molar-refractivity contribution in [2.75, 3.05) is 6.61 Å². The molecule has 0 unspecified atom stereocenters. The summed E-state index contributed by atoms with van der Waals surface area (Å²) in [5.74, 6) is -3.12. The number of hydrogen-bond acceptors (Lipinski definition) is 4. The molecular formula is C27H19F6O4S+. The lowest BCUT2D eigenvalue weighted by Crippen LogP contribution is -2.59. The van der Waals surface area contributed by atoms with E-state index >= 15 is 0 Å². The van der Waals surface area contributed by atoms with Gasteiger partial charge in [0.25, 0.3) is 0 Å². The van der Waals surface area contributed by atoms with Crippen LogP contribution in [0.3, 0.4) is 0 Å². The minimum Gasteiger partial charge on any atom is -0.450 e. The van der Waals surface area contributed by atoms with Crippen LogP contribution in [0.2, 0.25) is 0 Å². The normalized spacial score (nSPS) is 12.5. The van der Waals surface area contributed by atoms with Crippen molar-refractivity contribution in [1.82, 2.24) is 0 Å². The Balaban J connectivity index is 1.51. The summed E-state index contributed by atoms with van der Waals surface area (Å²) in [6.45, 7) is 1.43. The minimum atomic E-state index is -5.98. The third kappa shape index (κ3) is 4.85. The molecular weight excluding hydrogens is 534 g/mol. The zero-order chi connectivity index (χ0) is 27.7. The summed E-state index contributed by atoms with van der Waals surface area (Å²) in [4.78, 5) is 25.1. The molecule has 0 aliphatic carbocycles. The highest BCUT2D eigenvalue weighted by atomic mass is 32.2. The van der Waals surface area contributed by atoms with Gasteiger partial charge < -0.3 is 9.47 Å². The molecule has 0 fully saturated rings. The highest BCUT2D eigenvalue weighted by molar-refractivity contribution is 7.50. The molecule has 11 heteroatoms. The maximum absolute atomic E-state index is 13.3. The van der Waals surface area contributed by atoms with Gasteiger partial charge in [-0.15, -0.1) is 6.58 Å². The molecule has 0 bridgehead atoms. The van der Waals surface area contributed by atoms with Gasteiger partial charge >= 0.3 is 29.9 Å². The molecule has 0 saturated carbocycles. The highest BCUT2D eigenvalue weighted by Gasteiger charge is 2.73. The van der Waals surface area contributed by atoms with Crippen molar-refractivity contribution in [2.45, 2.75) is 24.4 Å². The van der Waals surface area contributed by atoms with Gasteiger partial charge in [0.1, 0.15) is 0 Å². The lowest BCUT2D eigenvalue weighted by Gasteiger charge is -2.35. The topological polar surface area (TPSA) is 52.6 Å². The molecule has 0 aliphatic heterocycles. The fourth-order valence-corrected chi connectivity index (χ4v) is 6.40. The molecule has 38 heavy (non-hydrogen) atoms. The van der Waals surface area contributed by atoms with E-state index in [0.717, 1.165) is 25.1 Å². The lowest BCUT2D eigenvalue weighted by molar-refractivity contribution is -0.368. The summed E-state index contributed by atoms with van der Waals surface area (Å²) >= 11 is 0. The molecule has 0 atom stereocenters. The Labute approximate surface area is 215 Å². The Kier molecular flexibility index (Phi) is 7.24. The summed E-state index contributed by atoms with van der Waals surface area (Å²) in [5, 5.41) is 2.19. The van der Waals surface area contributed by atoms with Gasteiger partial charge in [-0.1, -0.05) is 30.3 Å². The second-order valence-corrected chi connectivity index (χ2v) is 10.2. The van der Waals surface area contributed by atoms with E-state index in [-0.39, 0.29) is 5.56 Å². The third-order valence-corrected chi connectivity index (χ3v) is 8.12. The van der Waals surface area contributed by atoms with E-state index in [1.54, 1.807) is 12.1 Å². The zero-order valence-corrected chi connectivity index (χ0v) is 20.3. The molecule has 4 rings (SSSR count). The molecule has 1 aromatic heterocycles. The lowest BCUT2D eigenvalue weighted by atomic mass is 9.97. The number of carbonyl (C=O) groups is 2. The van der Waals surface area contributed by atoms with Gasteiger partial charge in [-0.05, 0) is 48.5 Å². The summed E-state index contributed by atoms with van der Waals surface area (Å²) in [7, 11) is -0.451. The standard InChI is InChI=1S/C27H19F6O4S/c1-2-15-25(26(28,29)30,27(31,32)33)37-23(34)16-36-24(35)17-11-13-18(14-12-17)38-21-9-5-3-7-19(21)20-8-4-6-10-22(20)38/h2-14H,1,15-16H2/q+1. The van der Waals surface area contributed by atoms with E-state index in [1.807, 2.05) is 48.5 Å². The number of rotatable bonds is 7. The number of hydrogen-bond donors (Lipinski definition) is 0. The fraction of sp³-hybridized carbons (Fsp3) is 0.185. The summed E-state index contributed by atoms with van der Waals surface area (Å²) in [6.07, 6.45) is -13.4. The Morgan fingerprint density at radius 3 is 1.76 bits per heavy atom. The van der Waals surface area contributed by atoms with Crippen molar-refractivity contribution >= 4 is 42.6 Å². The van der Waals surface area contributed by atoms with Crippen LogP contribution < -0.4 is 0 Å². The average Bonchev–Trinajstić information content (AvgIpc) is 3.20. The second kappa shape index (κ2) is 10.1. The number of benzene rings is 3. The van der Waals surface area contributed by atoms with Gasteiger partial charge in [0.15, 0.2) is 20.9 Å². The summed E-state index contributed by atoms with van der Waals surface area (Å²) in [6, 6.07) is 22.0. The number of alkyl halides is 6. The molecule has 0 saturated heterocycles. The van der Waals surface area contributed by atoms with Gasteiger partial charge in [0.2, 0.25) is 0 Å². The average molecular weight is 554 g/mol. The van der Waals surface area contributed by atoms with Crippen LogP contribution >= 0.6 is 10.5 Å². The van der Waals surface area contributed by atoms with Crippen molar-refractivity contribution in [3.05, 3.63) is 91.0 Å². The van der Waals surface area contributed by atoms with Gasteiger partial charge in [0.05, 0.1) is 5.56 Å². The number of esters is 2. The maximum Gasteiger partial charge on any atom is 0.437 e. The maximum atomic E-state index is 13.3. The van der Waals surface area contributed by atoms with E-state index in [4.69, 9.17) is 0 Å². The molecule has 4 aromatic rings. The number of ether oxygens (including phenoxy) is 2. The van der Waals surface area contributed by atoms with Crippen molar-refractivity contribution < 1.29 is 45.4 Å². The van der Waals surface area contributed by atoms with E-state index < -0.39 is 53.4 Å². The van der Waals surface area contributed by atoms with Crippen LogP contribution in [-0.4, -0.2) is 36.5 Å². The second-order valence-electron chi connectivity index (χ2n) is 8.19. The predicted molar refractivity (Wildman–Crippen MR) is 131 cm³/mol. The fourth-order valence-electron chi connectivity index (χ4n) is 4.02. The molecule has 0 amide bonds. The van der Waals surface area contributed by atoms with Crippen molar-refractivity contribution in [2.24, 2.45) is 0 Å². The molecule has 3 aromatic carbocycles. The van der Waals surface area contributed by atoms with Crippen LogP contribution in [-0.2, 0) is 14.3 Å². The summed E-state index contributed by atoms with van der Waals surface area (Å²) in [5.41, 5.74) is -4.85. The SMILES string of the molecule is C=CCC(OC(=O)COC(=O)c1ccc(-[s+]2c3ccccc3c3ccccc32)cc1)(C(F)(F)F)C(F)(F)F. The predicted octanol–water partition coefficient (Wildman–Crippen LogP) is 7.87. The Morgan fingerprint density at radius 2 is 1.29 bits per heavy atom. The van der Waals surface area contributed by atoms with E-state index in [9.17, 15) is 35.9 Å². The van der Waals surface area contributed by atoms with Crippen molar-refractivity contribution in [3.8, 4) is 4.90 Å². The summed E-state index contributed by atoms with van der Waals surface area (Å²) < 4.78 is 90.3. The van der Waals surface area contributed by atoms with Gasteiger partial charge in [-0.25, -0.2) is 9.59 Å². The number of fused-ring (bicyclic) bond motifs is 3. The highest BCUT2D eigenvalue weighted by Crippen LogP contribution is 2.49. The van der Waals surface area contributed by atoms with Gasteiger partial charge in [-0.3, -0.25) is 0 Å². The van der Waals surface area contributed by atoms with Crippen LogP contribution in [0.4, 0.5) is 26.3 Å². The molecule has 0 N–H and O–H groups in total. The first kappa shape index (κ1) is 27.2. The van der Waals surface area contributed by atoms with Crippen LogP contribution in [0.15, 0.2) is 85.5 Å². The van der Waals surface area contributed by atoms with Gasteiger partial charge in [-0.2, -0.15) is 26.3 Å². The quantitative estimate of drug-likeness (QED) is 0.101. The molecule has 0 aliphatic rings. The Bertz CT molecular complexity index is 1440. The van der Waals surface area contributed by atoms with E-state index in [1.165, 1.54) is 12.1 Å². The van der Waals surface area contributed by atoms with Crippen LogP contribution in [0.25, 0.3) is 25.1 Å². The number of carbonyl (C=O) groups excluding carboxylic acids is 2. The Morgan fingerprint density at radius 1 is 0.789 bits per heavy atom. The molecule has 0 radical (unpaired) electrons. The smallest absolute Gasteiger partial charge is 0.437 e. The minimum absolute atomic E-state index is 0.0464. The van der Waals surface area contributed by atoms with Crippen LogP contribution in [0.5, 0.6) is 0 Å². The molecule has 1 heterocycles. The number of thiophene rings is 1. The van der Waals surface area contributed by atoms with E-state index in [2.05, 4.69) is 16.1 Å². The number of halogens is 6. The van der Waals surface area contributed by atoms with Crippen molar-refractivity contribution in [3.63, 3.8) is 0 Å². The first-order valence-corrected chi connectivity index (χ1v) is 12.3. The van der Waals surface area contributed by atoms with Crippen LogP contribution in [0, 0.1) is 0 Å². The molecule has 198 valence electrons. The largest absolute Gasteiger partial charge is 0.450 e. The first-order valence-electron chi connectivity index (χ1n) is 11.1. The third-order valence-electron chi connectivity index (χ3n) is 5.79. The molecule has 4 nitrogen and oxygen atoms in total. The molecule has 0 spiro atoms.